The molecule has 0 atom stereocenters. The quantitative estimate of drug-likeness (QED) is 0.872. The molecule has 0 amide bonds. The molecule has 0 radical (unpaired) electrons. The van der Waals surface area contributed by atoms with Gasteiger partial charge in [0.15, 0.2) is 5.82 Å². The molecule has 0 aromatic carbocycles. The Kier molecular flexibility index (Phi) is 3.82. The van der Waals surface area contributed by atoms with Crippen LogP contribution in [0, 0.1) is 11.8 Å². The summed E-state index contributed by atoms with van der Waals surface area (Å²) < 4.78 is 0. The maximum Gasteiger partial charge on any atom is 0.151 e. The number of nitrogens with zero attached hydrogens (tertiary/aromatic N) is 3. The van der Waals surface area contributed by atoms with Crippen molar-refractivity contribution in [3.8, 4) is 0 Å². The Labute approximate surface area is 103 Å². The first kappa shape index (κ1) is 12.1. The topological polar surface area (TPSA) is 55.0 Å². The molecule has 17 heavy (non-hydrogen) atoms. The average molecular weight is 234 g/mol. The molecule has 1 aliphatic rings. The highest BCUT2D eigenvalue weighted by molar-refractivity contribution is 5.41. The minimum atomic E-state index is 0.489. The first-order chi connectivity index (χ1) is 8.15. The lowest BCUT2D eigenvalue weighted by Gasteiger charge is -2.33. The predicted molar refractivity (Wildman–Crippen MR) is 70.8 cm³/mol. The molecule has 1 aromatic heterocycles. The third kappa shape index (κ3) is 3.32. The maximum absolute atomic E-state index is 5.54. The van der Waals surface area contributed by atoms with Crippen molar-refractivity contribution in [1.29, 1.82) is 0 Å². The lowest BCUT2D eigenvalue weighted by molar-refractivity contribution is 0.337. The summed E-state index contributed by atoms with van der Waals surface area (Å²) in [7, 11) is 0. The van der Waals surface area contributed by atoms with E-state index in [-0.39, 0.29) is 0 Å². The van der Waals surface area contributed by atoms with Crippen LogP contribution in [0.3, 0.4) is 0 Å². The Hall–Kier alpha value is -1.32. The summed E-state index contributed by atoms with van der Waals surface area (Å²) in [5.74, 6) is 3.14. The summed E-state index contributed by atoms with van der Waals surface area (Å²) >= 11 is 0. The molecule has 2 rings (SSSR count). The summed E-state index contributed by atoms with van der Waals surface area (Å²) in [5.41, 5.74) is 5.54. The second kappa shape index (κ2) is 5.34. The molecule has 0 spiro atoms. The van der Waals surface area contributed by atoms with E-state index >= 15 is 0 Å². The maximum atomic E-state index is 5.54. The summed E-state index contributed by atoms with van der Waals surface area (Å²) in [6.45, 7) is 6.79. The Morgan fingerprint density at radius 2 is 2.00 bits per heavy atom. The molecule has 1 aromatic rings. The van der Waals surface area contributed by atoms with E-state index in [1.54, 1.807) is 0 Å². The van der Waals surface area contributed by atoms with Crippen LogP contribution in [0.1, 0.15) is 33.1 Å². The Morgan fingerprint density at radius 3 is 2.53 bits per heavy atom. The summed E-state index contributed by atoms with van der Waals surface area (Å²) in [4.78, 5) is 2.31. The summed E-state index contributed by atoms with van der Waals surface area (Å²) in [6, 6.07) is 3.79. The Morgan fingerprint density at radius 1 is 1.29 bits per heavy atom. The van der Waals surface area contributed by atoms with E-state index in [9.17, 15) is 0 Å². The number of rotatable bonds is 3. The van der Waals surface area contributed by atoms with E-state index in [1.807, 2.05) is 12.1 Å². The number of nitrogen functional groups attached to an aromatic ring is 1. The smallest absolute Gasteiger partial charge is 0.151 e. The van der Waals surface area contributed by atoms with Crippen molar-refractivity contribution < 1.29 is 0 Å². The van der Waals surface area contributed by atoms with Gasteiger partial charge in [-0.3, -0.25) is 0 Å². The number of anilines is 2. The van der Waals surface area contributed by atoms with Crippen molar-refractivity contribution in [1.82, 2.24) is 10.2 Å². The third-order valence-electron chi connectivity index (χ3n) is 3.41. The van der Waals surface area contributed by atoms with E-state index in [0.717, 1.165) is 30.7 Å². The van der Waals surface area contributed by atoms with Gasteiger partial charge in [0.05, 0.1) is 0 Å². The zero-order chi connectivity index (χ0) is 12.3. The number of hydrogen-bond acceptors (Lipinski definition) is 4. The third-order valence-corrected chi connectivity index (χ3v) is 3.41. The molecule has 1 saturated heterocycles. The van der Waals surface area contributed by atoms with Crippen LogP contribution in [0.25, 0.3) is 0 Å². The molecule has 0 saturated carbocycles. The molecule has 0 bridgehead atoms. The van der Waals surface area contributed by atoms with Gasteiger partial charge in [-0.1, -0.05) is 13.8 Å². The lowest BCUT2D eigenvalue weighted by Crippen LogP contribution is -2.34. The highest BCUT2D eigenvalue weighted by Gasteiger charge is 2.20. The van der Waals surface area contributed by atoms with Crippen LogP contribution >= 0.6 is 0 Å². The Balaban J connectivity index is 1.88. The molecular weight excluding hydrogens is 212 g/mol. The highest BCUT2D eigenvalue weighted by atomic mass is 15.3. The van der Waals surface area contributed by atoms with Crippen LogP contribution in [0.5, 0.6) is 0 Å². The number of nitrogens with two attached hydrogens (primary N) is 1. The van der Waals surface area contributed by atoms with E-state index in [0.29, 0.717) is 5.82 Å². The van der Waals surface area contributed by atoms with Crippen LogP contribution in [0.15, 0.2) is 12.1 Å². The van der Waals surface area contributed by atoms with Crippen LogP contribution in [-0.4, -0.2) is 23.3 Å². The van der Waals surface area contributed by atoms with Gasteiger partial charge in [0.1, 0.15) is 5.82 Å². The van der Waals surface area contributed by atoms with Gasteiger partial charge in [0.2, 0.25) is 0 Å². The van der Waals surface area contributed by atoms with Gasteiger partial charge in [-0.25, -0.2) is 0 Å². The molecule has 0 aliphatic carbocycles. The van der Waals surface area contributed by atoms with Gasteiger partial charge in [-0.05, 0) is 43.2 Å². The van der Waals surface area contributed by atoms with Crippen molar-refractivity contribution in [3.63, 3.8) is 0 Å². The van der Waals surface area contributed by atoms with Gasteiger partial charge in [0, 0.05) is 13.1 Å². The molecular formula is C13H22N4. The lowest BCUT2D eigenvalue weighted by atomic mass is 9.89. The zero-order valence-corrected chi connectivity index (χ0v) is 10.8. The average Bonchev–Trinajstić information content (AvgIpc) is 2.30. The van der Waals surface area contributed by atoms with Crippen molar-refractivity contribution in [3.05, 3.63) is 12.1 Å². The fraction of sp³-hybridized carbons (Fsp3) is 0.692. The van der Waals surface area contributed by atoms with Crippen LogP contribution in [-0.2, 0) is 0 Å². The van der Waals surface area contributed by atoms with Gasteiger partial charge in [0.25, 0.3) is 0 Å². The first-order valence-corrected chi connectivity index (χ1v) is 6.49. The minimum Gasteiger partial charge on any atom is -0.382 e. The van der Waals surface area contributed by atoms with Crippen molar-refractivity contribution >= 4 is 11.6 Å². The van der Waals surface area contributed by atoms with Crippen LogP contribution in [0.2, 0.25) is 0 Å². The molecule has 4 heteroatoms. The van der Waals surface area contributed by atoms with Gasteiger partial charge < -0.3 is 10.6 Å². The second-order valence-electron chi connectivity index (χ2n) is 5.38. The highest BCUT2D eigenvalue weighted by Crippen LogP contribution is 2.26. The number of hydrogen-bond donors (Lipinski definition) is 1. The fourth-order valence-electron chi connectivity index (χ4n) is 2.57. The normalized spacial score (nSPS) is 17.7. The number of piperidine rings is 1. The number of aromatic nitrogens is 2. The monoisotopic (exact) mass is 234 g/mol. The minimum absolute atomic E-state index is 0.489. The molecule has 4 nitrogen and oxygen atoms in total. The van der Waals surface area contributed by atoms with Crippen LogP contribution in [0.4, 0.5) is 11.6 Å². The van der Waals surface area contributed by atoms with Crippen LogP contribution < -0.4 is 10.6 Å². The molecule has 94 valence electrons. The molecule has 1 aliphatic heterocycles. The second-order valence-corrected chi connectivity index (χ2v) is 5.38. The molecule has 1 fully saturated rings. The predicted octanol–water partition coefficient (Wildman–Crippen LogP) is 2.32. The fourth-order valence-corrected chi connectivity index (χ4v) is 2.57. The van der Waals surface area contributed by atoms with E-state index in [4.69, 9.17) is 5.73 Å². The SMILES string of the molecule is CC(C)CC1CCN(c2ccc(N)nn2)CC1. The standard InChI is InChI=1S/C13H22N4/c1-10(2)9-11-5-7-17(8-6-11)13-4-3-12(14)15-16-13/h3-4,10-11H,5-9H2,1-2H3,(H2,14,15). The Bertz CT molecular complexity index is 339. The van der Waals surface area contributed by atoms with E-state index in [2.05, 4.69) is 28.9 Å². The molecule has 2 N–H and O–H groups in total. The van der Waals surface area contributed by atoms with E-state index < -0.39 is 0 Å². The van der Waals surface area contributed by atoms with Gasteiger partial charge >= 0.3 is 0 Å². The first-order valence-electron chi connectivity index (χ1n) is 6.49. The zero-order valence-electron chi connectivity index (χ0n) is 10.8. The van der Waals surface area contributed by atoms with E-state index in [1.165, 1.54) is 19.3 Å². The summed E-state index contributed by atoms with van der Waals surface area (Å²) in [5, 5.41) is 8.05. The van der Waals surface area contributed by atoms with Gasteiger partial charge in [-0.15, -0.1) is 10.2 Å². The molecule has 0 unspecified atom stereocenters. The summed E-state index contributed by atoms with van der Waals surface area (Å²) in [6.07, 6.45) is 3.88. The largest absolute Gasteiger partial charge is 0.382 e. The van der Waals surface area contributed by atoms with Crippen molar-refractivity contribution in [2.75, 3.05) is 23.7 Å². The van der Waals surface area contributed by atoms with Crippen molar-refractivity contribution in [2.45, 2.75) is 33.1 Å². The van der Waals surface area contributed by atoms with Crippen molar-refractivity contribution in [2.24, 2.45) is 11.8 Å². The molecule has 2 heterocycles. The van der Waals surface area contributed by atoms with Gasteiger partial charge in [-0.2, -0.15) is 0 Å².